The molecular formula is C17H15ClF3NO. The lowest BCUT2D eigenvalue weighted by Gasteiger charge is -2.28. The van der Waals surface area contributed by atoms with Gasteiger partial charge < -0.3 is 9.32 Å². The van der Waals surface area contributed by atoms with E-state index in [1.807, 2.05) is 6.92 Å². The molecular weight excluding hydrogens is 327 g/mol. The molecule has 0 aliphatic carbocycles. The van der Waals surface area contributed by atoms with Crippen molar-refractivity contribution in [3.05, 3.63) is 65.6 Å². The predicted octanol–water partition coefficient (Wildman–Crippen LogP) is 5.47. The van der Waals surface area contributed by atoms with Crippen molar-refractivity contribution >= 4 is 17.2 Å². The van der Waals surface area contributed by atoms with E-state index in [4.69, 9.17) is 16.0 Å². The van der Waals surface area contributed by atoms with Gasteiger partial charge in [-0.15, -0.1) is 11.6 Å². The summed E-state index contributed by atoms with van der Waals surface area (Å²) in [6.07, 6.45) is 5.12. The van der Waals surface area contributed by atoms with Gasteiger partial charge in [0.15, 0.2) is 0 Å². The molecule has 0 bridgehead atoms. The molecule has 1 aromatic heterocycles. The van der Waals surface area contributed by atoms with Crippen LogP contribution in [-0.2, 0) is 0 Å². The standard InChI is InChI=1S/C17H15ClF3NO/c1-11-2-3-16-15(17(19,20)21)6-13(12-4-5-23-10-12)8-22(16)9-14(11)7-18/h3-6,8-11H,2,7H2,1H3. The smallest absolute Gasteiger partial charge is 0.418 e. The molecule has 0 saturated heterocycles. The highest BCUT2D eigenvalue weighted by molar-refractivity contribution is 6.19. The summed E-state index contributed by atoms with van der Waals surface area (Å²) in [7, 11) is 0. The van der Waals surface area contributed by atoms with Crippen LogP contribution < -0.4 is 0 Å². The van der Waals surface area contributed by atoms with Gasteiger partial charge in [0, 0.05) is 29.4 Å². The third kappa shape index (κ3) is 3.11. The summed E-state index contributed by atoms with van der Waals surface area (Å²) in [5.41, 5.74) is 1.45. The third-order valence-electron chi connectivity index (χ3n) is 4.05. The maximum atomic E-state index is 13.5. The molecule has 2 aliphatic rings. The van der Waals surface area contributed by atoms with Crippen molar-refractivity contribution in [2.24, 2.45) is 5.92 Å². The van der Waals surface area contributed by atoms with Crippen molar-refractivity contribution < 1.29 is 17.6 Å². The number of hydrogen-bond donors (Lipinski definition) is 0. The minimum Gasteiger partial charge on any atom is -0.472 e. The van der Waals surface area contributed by atoms with Crippen LogP contribution in [0.25, 0.3) is 5.57 Å². The van der Waals surface area contributed by atoms with E-state index in [1.54, 1.807) is 24.5 Å². The molecule has 2 nitrogen and oxygen atoms in total. The SMILES string of the molecule is CC1CC=C2C(C(F)(F)F)=CC(c3ccoc3)=CN2C=C1CCl. The zero-order valence-corrected chi connectivity index (χ0v) is 13.2. The Kier molecular flexibility index (Phi) is 4.15. The molecule has 23 heavy (non-hydrogen) atoms. The number of halogens is 4. The Labute approximate surface area is 137 Å². The summed E-state index contributed by atoms with van der Waals surface area (Å²) in [5.74, 6) is 0.393. The van der Waals surface area contributed by atoms with Gasteiger partial charge in [-0.2, -0.15) is 13.2 Å². The molecule has 0 N–H and O–H groups in total. The van der Waals surface area contributed by atoms with Gasteiger partial charge in [-0.05, 0) is 30.1 Å². The first-order chi connectivity index (χ1) is 10.9. The van der Waals surface area contributed by atoms with Crippen LogP contribution in [0.4, 0.5) is 13.2 Å². The molecule has 3 heterocycles. The van der Waals surface area contributed by atoms with E-state index in [0.717, 1.165) is 11.6 Å². The molecule has 0 saturated carbocycles. The summed E-state index contributed by atoms with van der Waals surface area (Å²) < 4.78 is 45.5. The van der Waals surface area contributed by atoms with E-state index in [2.05, 4.69) is 0 Å². The number of alkyl halides is 4. The number of allylic oxidation sites excluding steroid dienone is 5. The fourth-order valence-electron chi connectivity index (χ4n) is 2.67. The van der Waals surface area contributed by atoms with Gasteiger partial charge >= 0.3 is 6.18 Å². The molecule has 1 aromatic rings. The highest BCUT2D eigenvalue weighted by Crippen LogP contribution is 2.41. The highest BCUT2D eigenvalue weighted by atomic mass is 35.5. The molecule has 0 amide bonds. The van der Waals surface area contributed by atoms with Crippen LogP contribution in [0.5, 0.6) is 0 Å². The summed E-state index contributed by atoms with van der Waals surface area (Å²) in [6.45, 7) is 1.96. The Bertz CT molecular complexity index is 711. The maximum Gasteiger partial charge on any atom is 0.418 e. The second-order valence-electron chi connectivity index (χ2n) is 5.62. The lowest BCUT2D eigenvalue weighted by atomic mass is 9.98. The van der Waals surface area contributed by atoms with Gasteiger partial charge in [0.2, 0.25) is 0 Å². The number of fused-ring (bicyclic) bond motifs is 1. The van der Waals surface area contributed by atoms with Crippen molar-refractivity contribution in [2.45, 2.75) is 19.5 Å². The van der Waals surface area contributed by atoms with Gasteiger partial charge in [-0.3, -0.25) is 0 Å². The summed E-state index contributed by atoms with van der Waals surface area (Å²) in [6, 6.07) is 1.64. The Hall–Kier alpha value is -1.88. The first kappa shape index (κ1) is 16.0. The molecule has 0 radical (unpaired) electrons. The predicted molar refractivity (Wildman–Crippen MR) is 83.3 cm³/mol. The minimum atomic E-state index is -4.43. The normalized spacial score (nSPS) is 21.8. The molecule has 0 aromatic carbocycles. The minimum absolute atomic E-state index is 0.103. The van der Waals surface area contributed by atoms with Crippen molar-refractivity contribution in [2.75, 3.05) is 5.88 Å². The van der Waals surface area contributed by atoms with E-state index in [9.17, 15) is 13.2 Å². The fraction of sp³-hybridized carbons (Fsp3) is 0.294. The Balaban J connectivity index is 2.14. The number of furan rings is 1. The van der Waals surface area contributed by atoms with Crippen LogP contribution in [-0.4, -0.2) is 17.0 Å². The third-order valence-corrected chi connectivity index (χ3v) is 4.36. The van der Waals surface area contributed by atoms with E-state index < -0.39 is 11.7 Å². The second-order valence-corrected chi connectivity index (χ2v) is 5.89. The first-order valence-electron chi connectivity index (χ1n) is 7.19. The molecule has 0 spiro atoms. The Morgan fingerprint density at radius 1 is 1.35 bits per heavy atom. The largest absolute Gasteiger partial charge is 0.472 e. The van der Waals surface area contributed by atoms with Crippen LogP contribution >= 0.6 is 11.6 Å². The lowest BCUT2D eigenvalue weighted by molar-refractivity contribution is -0.0908. The van der Waals surface area contributed by atoms with Crippen LogP contribution in [0.1, 0.15) is 18.9 Å². The second kappa shape index (κ2) is 5.96. The van der Waals surface area contributed by atoms with Gasteiger partial charge in [0.1, 0.15) is 0 Å². The van der Waals surface area contributed by atoms with Crippen molar-refractivity contribution in [3.63, 3.8) is 0 Å². The molecule has 0 fully saturated rings. The highest BCUT2D eigenvalue weighted by Gasteiger charge is 2.39. The summed E-state index contributed by atoms with van der Waals surface area (Å²) in [4.78, 5) is 1.52. The zero-order chi connectivity index (χ0) is 16.6. The van der Waals surface area contributed by atoms with Crippen molar-refractivity contribution in [3.8, 4) is 0 Å². The number of nitrogens with zero attached hydrogens (tertiary/aromatic N) is 1. The molecule has 1 unspecified atom stereocenters. The Morgan fingerprint density at radius 3 is 2.74 bits per heavy atom. The van der Waals surface area contributed by atoms with Gasteiger partial charge in [-0.25, -0.2) is 0 Å². The maximum absolute atomic E-state index is 13.5. The topological polar surface area (TPSA) is 16.4 Å². The van der Waals surface area contributed by atoms with E-state index in [1.165, 1.54) is 17.4 Å². The van der Waals surface area contributed by atoms with Gasteiger partial charge in [-0.1, -0.05) is 13.0 Å². The van der Waals surface area contributed by atoms with Crippen molar-refractivity contribution in [1.82, 2.24) is 4.90 Å². The number of rotatable bonds is 2. The molecule has 2 aliphatic heterocycles. The zero-order valence-electron chi connectivity index (χ0n) is 12.4. The molecule has 3 rings (SSSR count). The molecule has 1 atom stereocenters. The van der Waals surface area contributed by atoms with Crippen molar-refractivity contribution in [1.29, 1.82) is 0 Å². The van der Waals surface area contributed by atoms with E-state index in [0.29, 0.717) is 23.4 Å². The fourth-order valence-corrected chi connectivity index (χ4v) is 3.01. The first-order valence-corrected chi connectivity index (χ1v) is 7.72. The molecule has 6 heteroatoms. The van der Waals surface area contributed by atoms with Gasteiger partial charge in [0.25, 0.3) is 0 Å². The quantitative estimate of drug-likeness (QED) is 0.663. The lowest BCUT2D eigenvalue weighted by Crippen LogP contribution is -2.24. The summed E-state index contributed by atoms with van der Waals surface area (Å²) >= 11 is 5.95. The average Bonchev–Trinajstić information content (AvgIpc) is 2.98. The number of hydrogen-bond acceptors (Lipinski definition) is 2. The summed E-state index contributed by atoms with van der Waals surface area (Å²) in [5, 5.41) is 0. The monoisotopic (exact) mass is 341 g/mol. The van der Waals surface area contributed by atoms with Crippen LogP contribution in [0.15, 0.2) is 64.4 Å². The Morgan fingerprint density at radius 2 is 2.13 bits per heavy atom. The van der Waals surface area contributed by atoms with E-state index >= 15 is 0 Å². The van der Waals surface area contributed by atoms with Gasteiger partial charge in [0.05, 0.1) is 23.8 Å². The van der Waals surface area contributed by atoms with Crippen LogP contribution in [0.2, 0.25) is 0 Å². The van der Waals surface area contributed by atoms with Crippen LogP contribution in [0.3, 0.4) is 0 Å². The van der Waals surface area contributed by atoms with Crippen LogP contribution in [0, 0.1) is 5.92 Å². The van der Waals surface area contributed by atoms with E-state index in [-0.39, 0.29) is 11.6 Å². The average molecular weight is 342 g/mol. The molecule has 122 valence electrons.